The van der Waals surface area contributed by atoms with Crippen LogP contribution in [0.25, 0.3) is 0 Å². The van der Waals surface area contributed by atoms with Crippen LogP contribution < -0.4 is 4.74 Å². The van der Waals surface area contributed by atoms with Gasteiger partial charge >= 0.3 is 0 Å². The summed E-state index contributed by atoms with van der Waals surface area (Å²) in [5.41, 5.74) is 1.59. The second-order valence-electron chi connectivity index (χ2n) is 6.42. The topological polar surface area (TPSA) is 79.2 Å². The number of halogens is 2. The number of benzene rings is 2. The standard InChI is InChI=1S/C20H20ClFO5/c1-10-17(23)18(24)19(25)20(27-10)12-4-6-15(21)13(8-12)7-11-3-5-14(26-2)9-16(11)22/h3-6,8-9,17-20,23-25H,1,7H2,2H3/t17-,18+,19-,20+/m1/s1. The summed E-state index contributed by atoms with van der Waals surface area (Å²) in [5.74, 6) is -0.0342. The van der Waals surface area contributed by atoms with Gasteiger partial charge in [-0.05, 0) is 28.8 Å². The maximum atomic E-state index is 14.3. The monoisotopic (exact) mass is 394 g/mol. The zero-order valence-electron chi connectivity index (χ0n) is 14.6. The van der Waals surface area contributed by atoms with Gasteiger partial charge in [0.1, 0.15) is 35.6 Å². The summed E-state index contributed by atoms with van der Waals surface area (Å²) < 4.78 is 24.7. The summed E-state index contributed by atoms with van der Waals surface area (Å²) in [6.45, 7) is 3.56. The number of aliphatic hydroxyl groups excluding tert-OH is 3. The maximum Gasteiger partial charge on any atom is 0.152 e. The van der Waals surface area contributed by atoms with Gasteiger partial charge in [0.05, 0.1) is 7.11 Å². The van der Waals surface area contributed by atoms with Crippen LogP contribution >= 0.6 is 11.6 Å². The lowest BCUT2D eigenvalue weighted by molar-refractivity contribution is -0.157. The van der Waals surface area contributed by atoms with Crippen LogP contribution in [-0.4, -0.2) is 40.7 Å². The molecule has 3 rings (SSSR count). The van der Waals surface area contributed by atoms with E-state index in [0.29, 0.717) is 27.5 Å². The van der Waals surface area contributed by atoms with Gasteiger partial charge in [-0.3, -0.25) is 0 Å². The molecule has 0 aliphatic carbocycles. The second kappa shape index (κ2) is 7.86. The van der Waals surface area contributed by atoms with Crippen molar-refractivity contribution in [3.8, 4) is 5.75 Å². The Hall–Kier alpha value is -2.12. The highest BCUT2D eigenvalue weighted by molar-refractivity contribution is 6.31. The van der Waals surface area contributed by atoms with Crippen molar-refractivity contribution in [1.29, 1.82) is 0 Å². The van der Waals surface area contributed by atoms with Crippen LogP contribution in [0.5, 0.6) is 5.75 Å². The summed E-state index contributed by atoms with van der Waals surface area (Å²) in [6, 6.07) is 9.50. The minimum Gasteiger partial charge on any atom is -0.497 e. The Morgan fingerprint density at radius 2 is 1.85 bits per heavy atom. The second-order valence-corrected chi connectivity index (χ2v) is 6.82. The van der Waals surface area contributed by atoms with E-state index in [0.717, 1.165) is 0 Å². The van der Waals surface area contributed by atoms with Gasteiger partial charge in [0.25, 0.3) is 0 Å². The molecule has 2 aromatic rings. The Labute approximate surface area is 161 Å². The van der Waals surface area contributed by atoms with E-state index in [1.54, 1.807) is 30.3 Å². The van der Waals surface area contributed by atoms with Gasteiger partial charge < -0.3 is 24.8 Å². The first-order valence-corrected chi connectivity index (χ1v) is 8.70. The quantitative estimate of drug-likeness (QED) is 0.743. The maximum absolute atomic E-state index is 14.3. The molecule has 1 aliphatic heterocycles. The number of rotatable bonds is 4. The van der Waals surface area contributed by atoms with Crippen molar-refractivity contribution < 1.29 is 29.2 Å². The fourth-order valence-electron chi connectivity index (χ4n) is 3.03. The molecule has 1 fully saturated rings. The molecule has 1 saturated heterocycles. The van der Waals surface area contributed by atoms with Crippen molar-refractivity contribution in [2.24, 2.45) is 0 Å². The van der Waals surface area contributed by atoms with Crippen molar-refractivity contribution in [2.75, 3.05) is 7.11 Å². The van der Waals surface area contributed by atoms with Crippen molar-refractivity contribution in [3.63, 3.8) is 0 Å². The van der Waals surface area contributed by atoms with Crippen LogP contribution in [0.4, 0.5) is 4.39 Å². The van der Waals surface area contributed by atoms with E-state index >= 15 is 0 Å². The molecule has 5 nitrogen and oxygen atoms in total. The largest absolute Gasteiger partial charge is 0.497 e. The fourth-order valence-corrected chi connectivity index (χ4v) is 3.22. The van der Waals surface area contributed by atoms with Gasteiger partial charge in [-0.1, -0.05) is 36.4 Å². The minimum atomic E-state index is -1.42. The lowest BCUT2D eigenvalue weighted by Gasteiger charge is -2.37. The van der Waals surface area contributed by atoms with Gasteiger partial charge in [-0.2, -0.15) is 0 Å². The number of ether oxygens (including phenoxy) is 2. The van der Waals surface area contributed by atoms with E-state index < -0.39 is 30.2 Å². The molecular formula is C20H20ClFO5. The molecule has 144 valence electrons. The molecule has 0 aromatic heterocycles. The summed E-state index contributed by atoms with van der Waals surface area (Å²) >= 11 is 6.26. The molecular weight excluding hydrogens is 375 g/mol. The lowest BCUT2D eigenvalue weighted by atomic mass is 9.92. The Morgan fingerprint density at radius 3 is 2.52 bits per heavy atom. The van der Waals surface area contributed by atoms with Crippen LogP contribution in [0.3, 0.4) is 0 Å². The SMILES string of the molecule is C=C1O[C@@H](c2ccc(Cl)c(Cc3ccc(OC)cc3F)c2)[C@H](O)[C@@H](O)[C@@H]1O. The number of hydrogen-bond acceptors (Lipinski definition) is 5. The fraction of sp³-hybridized carbons (Fsp3) is 0.300. The smallest absolute Gasteiger partial charge is 0.152 e. The van der Waals surface area contributed by atoms with Crippen LogP contribution in [0.15, 0.2) is 48.7 Å². The summed E-state index contributed by atoms with van der Waals surface area (Å²) in [6.07, 6.45) is -4.84. The predicted molar refractivity (Wildman–Crippen MR) is 98.2 cm³/mol. The average molecular weight is 395 g/mol. The first-order valence-electron chi connectivity index (χ1n) is 8.32. The third-order valence-electron chi connectivity index (χ3n) is 4.63. The zero-order chi connectivity index (χ0) is 19.7. The Balaban J connectivity index is 1.90. The number of aliphatic hydroxyl groups is 3. The Bertz CT molecular complexity index is 856. The molecule has 1 aliphatic rings. The third-order valence-corrected chi connectivity index (χ3v) is 5.00. The highest BCUT2D eigenvalue weighted by Crippen LogP contribution is 2.35. The van der Waals surface area contributed by atoms with Crippen LogP contribution in [0, 0.1) is 5.82 Å². The van der Waals surface area contributed by atoms with Crippen molar-refractivity contribution in [3.05, 3.63) is 76.3 Å². The molecule has 2 aromatic carbocycles. The highest BCUT2D eigenvalue weighted by Gasteiger charge is 2.41. The molecule has 0 unspecified atom stereocenters. The summed E-state index contributed by atoms with van der Waals surface area (Å²) in [4.78, 5) is 0. The summed E-state index contributed by atoms with van der Waals surface area (Å²) in [5, 5.41) is 30.4. The van der Waals surface area contributed by atoms with Crippen molar-refractivity contribution in [2.45, 2.75) is 30.8 Å². The molecule has 0 saturated carbocycles. The van der Waals surface area contributed by atoms with Gasteiger partial charge in [0.15, 0.2) is 6.10 Å². The third kappa shape index (κ3) is 3.94. The average Bonchev–Trinajstić information content (AvgIpc) is 2.66. The van der Waals surface area contributed by atoms with Crippen LogP contribution in [0.2, 0.25) is 5.02 Å². The first-order chi connectivity index (χ1) is 12.8. The van der Waals surface area contributed by atoms with E-state index in [2.05, 4.69) is 6.58 Å². The minimum absolute atomic E-state index is 0.0319. The molecule has 4 atom stereocenters. The number of hydrogen-bond donors (Lipinski definition) is 3. The predicted octanol–water partition coefficient (Wildman–Crippen LogP) is 2.75. The molecule has 0 radical (unpaired) electrons. The lowest BCUT2D eigenvalue weighted by Crippen LogP contribution is -2.47. The van der Waals surface area contributed by atoms with Gasteiger partial charge in [0.2, 0.25) is 0 Å². The molecule has 3 N–H and O–H groups in total. The molecule has 27 heavy (non-hydrogen) atoms. The van der Waals surface area contributed by atoms with E-state index in [1.165, 1.54) is 13.2 Å². The molecule has 7 heteroatoms. The molecule has 1 heterocycles. The number of methoxy groups -OCH3 is 1. The van der Waals surface area contributed by atoms with Crippen molar-refractivity contribution in [1.82, 2.24) is 0 Å². The van der Waals surface area contributed by atoms with Crippen molar-refractivity contribution >= 4 is 11.6 Å². The zero-order valence-corrected chi connectivity index (χ0v) is 15.4. The molecule has 0 bridgehead atoms. The van der Waals surface area contributed by atoms with Gasteiger partial charge in [-0.15, -0.1) is 0 Å². The first kappa shape index (κ1) is 19.6. The van der Waals surface area contributed by atoms with Gasteiger partial charge in [-0.25, -0.2) is 4.39 Å². The Morgan fingerprint density at radius 1 is 1.11 bits per heavy atom. The van der Waals surface area contributed by atoms with E-state index in [9.17, 15) is 19.7 Å². The van der Waals surface area contributed by atoms with Crippen LogP contribution in [0.1, 0.15) is 22.8 Å². The van der Waals surface area contributed by atoms with E-state index in [4.69, 9.17) is 21.1 Å². The molecule has 0 amide bonds. The van der Waals surface area contributed by atoms with Gasteiger partial charge in [0, 0.05) is 17.5 Å². The highest BCUT2D eigenvalue weighted by atomic mass is 35.5. The van der Waals surface area contributed by atoms with E-state index in [-0.39, 0.29) is 12.2 Å². The van der Waals surface area contributed by atoms with Crippen LogP contribution in [-0.2, 0) is 11.2 Å². The molecule has 0 spiro atoms. The van der Waals surface area contributed by atoms with E-state index in [1.807, 2.05) is 0 Å². The normalized spacial score (nSPS) is 25.2. The Kier molecular flexibility index (Phi) is 5.72. The summed E-state index contributed by atoms with van der Waals surface area (Å²) in [7, 11) is 1.46.